The minimum Gasteiger partial charge on any atom is -0.344 e. The van der Waals surface area contributed by atoms with Gasteiger partial charge in [0.2, 0.25) is 0 Å². The van der Waals surface area contributed by atoms with Crippen molar-refractivity contribution in [1.29, 1.82) is 0 Å². The maximum Gasteiger partial charge on any atom is 0.416 e. The number of likely N-dealkylation sites (tertiary alicyclic amines) is 1. The molecule has 158 valence electrons. The molecule has 2 aliphatic heterocycles. The van der Waals surface area contributed by atoms with Gasteiger partial charge in [-0.2, -0.15) is 17.7 Å². The van der Waals surface area contributed by atoms with Crippen molar-refractivity contribution < 1.29 is 18.0 Å². The second-order valence-electron chi connectivity index (χ2n) is 7.23. The van der Waals surface area contributed by atoms with E-state index in [4.69, 9.17) is 0 Å². The lowest BCUT2D eigenvalue weighted by molar-refractivity contribution is -0.137. The Balaban J connectivity index is 1.56. The van der Waals surface area contributed by atoms with Crippen LogP contribution in [0.3, 0.4) is 0 Å². The van der Waals surface area contributed by atoms with Crippen molar-refractivity contribution in [2.75, 3.05) is 18.4 Å². The molecule has 0 spiro atoms. The van der Waals surface area contributed by atoms with Crippen LogP contribution < -0.4 is 11.0 Å². The highest BCUT2D eigenvalue weighted by Crippen LogP contribution is 2.29. The zero-order chi connectivity index (χ0) is 21.5. The maximum atomic E-state index is 12.8. The molecule has 2 aromatic rings. The summed E-state index contributed by atoms with van der Waals surface area (Å²) in [7, 11) is 1.57. The topological polar surface area (TPSA) is 71.6 Å². The summed E-state index contributed by atoms with van der Waals surface area (Å²) in [5.41, 5.74) is -0.105. The number of aromatic nitrogens is 2. The number of halogens is 3. The maximum absolute atomic E-state index is 12.8. The first-order valence-electron chi connectivity index (χ1n) is 9.52. The van der Waals surface area contributed by atoms with Crippen LogP contribution in [0.1, 0.15) is 29.7 Å². The Morgan fingerprint density at radius 3 is 2.50 bits per heavy atom. The third-order valence-electron chi connectivity index (χ3n) is 5.22. The number of fused-ring (bicyclic) bond motifs is 1. The summed E-state index contributed by atoms with van der Waals surface area (Å²) in [5.74, 6) is 0.358. The van der Waals surface area contributed by atoms with E-state index in [2.05, 4.69) is 10.3 Å². The van der Waals surface area contributed by atoms with E-state index in [0.717, 1.165) is 29.5 Å². The van der Waals surface area contributed by atoms with Gasteiger partial charge in [0.1, 0.15) is 17.7 Å². The van der Waals surface area contributed by atoms with Crippen LogP contribution in [0.4, 0.5) is 23.8 Å². The SMILES string of the molecule is Cn1c2c(n(C(=O)N3CCCC3)c1=O)NC(/C=C/c1ccc(C(F)(F)F)cc1)N=C2. The average molecular weight is 419 g/mol. The number of carbonyl (C=O) groups is 1. The quantitative estimate of drug-likeness (QED) is 0.813. The summed E-state index contributed by atoms with van der Waals surface area (Å²) in [6, 6.07) is 4.39. The molecular formula is C20H20F3N5O2. The van der Waals surface area contributed by atoms with Crippen molar-refractivity contribution in [3.63, 3.8) is 0 Å². The Hall–Kier alpha value is -3.30. The second-order valence-corrected chi connectivity index (χ2v) is 7.23. The van der Waals surface area contributed by atoms with Crippen LogP contribution in [-0.4, -0.2) is 45.5 Å². The van der Waals surface area contributed by atoms with Crippen molar-refractivity contribution in [3.05, 3.63) is 57.6 Å². The Morgan fingerprint density at radius 1 is 1.20 bits per heavy atom. The van der Waals surface area contributed by atoms with Gasteiger partial charge in [0.25, 0.3) is 0 Å². The summed E-state index contributed by atoms with van der Waals surface area (Å²) in [4.78, 5) is 31.4. The molecule has 0 aliphatic carbocycles. The Labute approximate surface area is 170 Å². The molecule has 3 heterocycles. The van der Waals surface area contributed by atoms with E-state index in [1.165, 1.54) is 22.9 Å². The lowest BCUT2D eigenvalue weighted by Gasteiger charge is -2.20. The number of hydrogen-bond donors (Lipinski definition) is 1. The number of imidazole rings is 1. The predicted molar refractivity (Wildman–Crippen MR) is 107 cm³/mol. The zero-order valence-corrected chi connectivity index (χ0v) is 16.2. The zero-order valence-electron chi connectivity index (χ0n) is 16.2. The fourth-order valence-corrected chi connectivity index (χ4v) is 3.55. The van der Waals surface area contributed by atoms with E-state index in [1.54, 1.807) is 24.1 Å². The highest BCUT2D eigenvalue weighted by atomic mass is 19.4. The molecule has 10 heteroatoms. The summed E-state index contributed by atoms with van der Waals surface area (Å²) >= 11 is 0. The number of amides is 1. The van der Waals surface area contributed by atoms with Crippen molar-refractivity contribution in [1.82, 2.24) is 14.0 Å². The van der Waals surface area contributed by atoms with Gasteiger partial charge in [-0.05, 0) is 36.6 Å². The van der Waals surface area contributed by atoms with E-state index in [9.17, 15) is 22.8 Å². The number of nitrogens with zero attached hydrogens (tertiary/aromatic N) is 4. The van der Waals surface area contributed by atoms with Crippen LogP contribution in [0, 0.1) is 0 Å². The number of benzene rings is 1. The first-order valence-corrected chi connectivity index (χ1v) is 9.52. The normalized spacial score (nSPS) is 18.7. The number of nitrogens with one attached hydrogen (secondary N) is 1. The molecule has 4 rings (SSSR count). The molecule has 1 amide bonds. The average Bonchev–Trinajstić information content (AvgIpc) is 3.33. The lowest BCUT2D eigenvalue weighted by Crippen LogP contribution is -2.39. The van der Waals surface area contributed by atoms with Gasteiger partial charge in [-0.25, -0.2) is 9.59 Å². The first-order chi connectivity index (χ1) is 14.3. The molecule has 1 saturated heterocycles. The number of rotatable bonds is 2. The lowest BCUT2D eigenvalue weighted by atomic mass is 10.1. The summed E-state index contributed by atoms with van der Waals surface area (Å²) in [5, 5.41) is 3.07. The molecule has 0 radical (unpaired) electrons. The van der Waals surface area contributed by atoms with Crippen LogP contribution in [-0.2, 0) is 13.2 Å². The van der Waals surface area contributed by atoms with E-state index in [-0.39, 0.29) is 6.03 Å². The van der Waals surface area contributed by atoms with Gasteiger partial charge in [0.05, 0.1) is 11.8 Å². The summed E-state index contributed by atoms with van der Waals surface area (Å²) < 4.78 is 40.5. The van der Waals surface area contributed by atoms with Crippen LogP contribution in [0.25, 0.3) is 6.08 Å². The van der Waals surface area contributed by atoms with Gasteiger partial charge < -0.3 is 10.2 Å². The van der Waals surface area contributed by atoms with Gasteiger partial charge in [-0.3, -0.25) is 9.56 Å². The van der Waals surface area contributed by atoms with Crippen molar-refractivity contribution >= 4 is 24.1 Å². The van der Waals surface area contributed by atoms with Gasteiger partial charge in [0, 0.05) is 20.1 Å². The predicted octanol–water partition coefficient (Wildman–Crippen LogP) is 3.15. The van der Waals surface area contributed by atoms with E-state index >= 15 is 0 Å². The van der Waals surface area contributed by atoms with Crippen molar-refractivity contribution in [2.24, 2.45) is 12.0 Å². The molecule has 7 nitrogen and oxygen atoms in total. The summed E-state index contributed by atoms with van der Waals surface area (Å²) in [6.45, 7) is 1.22. The third kappa shape index (κ3) is 3.64. The minimum atomic E-state index is -4.38. The Morgan fingerprint density at radius 2 is 1.87 bits per heavy atom. The Bertz CT molecular complexity index is 1070. The standard InChI is InChI=1S/C20H20F3N5O2/c1-26-15-12-24-16(9-6-13-4-7-14(8-5-13)20(21,22)23)25-17(15)28(18(26)29)19(30)27-10-2-3-11-27/h4-9,12,16,25H,2-3,10-11H2,1H3/b9-6+. The molecule has 1 aromatic carbocycles. The minimum absolute atomic E-state index is 0.358. The number of alkyl halides is 3. The molecule has 30 heavy (non-hydrogen) atoms. The first kappa shape index (κ1) is 20.0. The molecule has 1 unspecified atom stereocenters. The third-order valence-corrected chi connectivity index (χ3v) is 5.22. The van der Waals surface area contributed by atoms with E-state index in [1.807, 2.05) is 0 Å². The number of aliphatic imine (C=N–C) groups is 1. The second kappa shape index (κ2) is 7.51. The monoisotopic (exact) mass is 419 g/mol. The van der Waals surface area contributed by atoms with Crippen LogP contribution in [0.2, 0.25) is 0 Å². The number of anilines is 1. The van der Waals surface area contributed by atoms with Gasteiger partial charge >= 0.3 is 17.9 Å². The molecule has 1 atom stereocenters. The molecule has 1 N–H and O–H groups in total. The van der Waals surface area contributed by atoms with Gasteiger partial charge in [0.15, 0.2) is 0 Å². The Kier molecular flexibility index (Phi) is 5.00. The fourth-order valence-electron chi connectivity index (χ4n) is 3.55. The van der Waals surface area contributed by atoms with Crippen molar-refractivity contribution in [3.8, 4) is 0 Å². The highest BCUT2D eigenvalue weighted by Gasteiger charge is 2.30. The van der Waals surface area contributed by atoms with E-state index < -0.39 is 23.6 Å². The van der Waals surface area contributed by atoms with Gasteiger partial charge in [-0.15, -0.1) is 0 Å². The molecule has 0 saturated carbocycles. The molecular weight excluding hydrogens is 399 g/mol. The smallest absolute Gasteiger partial charge is 0.344 e. The number of hydrogen-bond acceptors (Lipinski definition) is 4. The van der Waals surface area contributed by atoms with E-state index in [0.29, 0.717) is 30.2 Å². The largest absolute Gasteiger partial charge is 0.416 e. The molecule has 1 aromatic heterocycles. The fraction of sp³-hybridized carbons (Fsp3) is 0.350. The van der Waals surface area contributed by atoms with Crippen LogP contribution in [0.15, 0.2) is 40.1 Å². The molecule has 0 bridgehead atoms. The van der Waals surface area contributed by atoms with Gasteiger partial charge in [-0.1, -0.05) is 18.2 Å². The molecule has 1 fully saturated rings. The highest BCUT2D eigenvalue weighted by molar-refractivity contribution is 5.92. The van der Waals surface area contributed by atoms with Crippen LogP contribution in [0.5, 0.6) is 0 Å². The number of carbonyl (C=O) groups excluding carboxylic acids is 1. The summed E-state index contributed by atoms with van der Waals surface area (Å²) in [6.07, 6.45) is 1.67. The van der Waals surface area contributed by atoms with Crippen LogP contribution >= 0.6 is 0 Å². The van der Waals surface area contributed by atoms with Crippen molar-refractivity contribution in [2.45, 2.75) is 25.2 Å². The molecule has 2 aliphatic rings.